The van der Waals surface area contributed by atoms with Crippen molar-refractivity contribution in [2.45, 2.75) is 6.92 Å². The Kier molecular flexibility index (Phi) is 4.27. The van der Waals surface area contributed by atoms with E-state index in [0.717, 1.165) is 0 Å². The van der Waals surface area contributed by atoms with E-state index in [-0.39, 0.29) is 23.2 Å². The van der Waals surface area contributed by atoms with Crippen LogP contribution in [0.4, 0.5) is 11.6 Å². The number of likely N-dealkylation sites (N-methyl/N-ethyl adjacent to an activating group) is 2. The molecule has 0 unspecified atom stereocenters. The van der Waals surface area contributed by atoms with Crippen LogP contribution in [-0.4, -0.2) is 46.8 Å². The standard InChI is InChI=1S/C17H12BrClN6O2/c1-3-25-15-11(5-9(19)7-21-15)13(17(25)27)23-22-12-10-4-8(18)6-20-14(10)24(2)16(12)26/h4-7H,3H2,1-2H3/b22-12-,23-13-. The summed E-state index contributed by atoms with van der Waals surface area (Å²) < 4.78 is 0.708. The number of rotatable bonds is 2. The fourth-order valence-corrected chi connectivity index (χ4v) is 3.48. The SMILES string of the molecule is CCN1C(=O)/C(=N\N=C2/C(=O)N(C)c3ncc(Br)cc32)c2cc(Cl)cnc21. The minimum absolute atomic E-state index is 0.0983. The average molecular weight is 448 g/mol. The lowest BCUT2D eigenvalue weighted by molar-refractivity contribution is -0.113. The summed E-state index contributed by atoms with van der Waals surface area (Å²) in [6.07, 6.45) is 3.07. The second-order valence-electron chi connectivity index (χ2n) is 5.86. The Morgan fingerprint density at radius 2 is 1.67 bits per heavy atom. The summed E-state index contributed by atoms with van der Waals surface area (Å²) in [5.74, 6) is 0.283. The van der Waals surface area contributed by atoms with Gasteiger partial charge in [0.15, 0.2) is 11.4 Å². The maximum atomic E-state index is 12.7. The second-order valence-corrected chi connectivity index (χ2v) is 7.21. The Morgan fingerprint density at radius 1 is 1.04 bits per heavy atom. The zero-order chi connectivity index (χ0) is 19.3. The molecular weight excluding hydrogens is 436 g/mol. The lowest BCUT2D eigenvalue weighted by Gasteiger charge is -2.11. The number of nitrogens with zero attached hydrogens (tertiary/aromatic N) is 6. The summed E-state index contributed by atoms with van der Waals surface area (Å²) in [5, 5.41) is 8.59. The molecule has 0 saturated heterocycles. The van der Waals surface area contributed by atoms with Crippen molar-refractivity contribution in [3.63, 3.8) is 0 Å². The number of amides is 2. The van der Waals surface area contributed by atoms with Gasteiger partial charge in [-0.15, -0.1) is 10.2 Å². The maximum absolute atomic E-state index is 12.7. The molecule has 0 saturated carbocycles. The highest BCUT2D eigenvalue weighted by Gasteiger charge is 2.36. The molecule has 0 bridgehead atoms. The normalized spacial score (nSPS) is 18.7. The number of anilines is 2. The van der Waals surface area contributed by atoms with E-state index in [2.05, 4.69) is 36.1 Å². The molecule has 4 heterocycles. The first kappa shape index (κ1) is 17.7. The van der Waals surface area contributed by atoms with Gasteiger partial charge in [-0.05, 0) is 35.0 Å². The fourth-order valence-electron chi connectivity index (χ4n) is 2.99. The van der Waals surface area contributed by atoms with E-state index in [1.54, 1.807) is 25.4 Å². The summed E-state index contributed by atoms with van der Waals surface area (Å²) in [7, 11) is 1.61. The van der Waals surface area contributed by atoms with Crippen LogP contribution in [0.2, 0.25) is 5.02 Å². The fraction of sp³-hybridized carbons (Fsp3) is 0.176. The summed E-state index contributed by atoms with van der Waals surface area (Å²) in [6, 6.07) is 3.36. The van der Waals surface area contributed by atoms with Gasteiger partial charge in [-0.25, -0.2) is 9.97 Å². The van der Waals surface area contributed by atoms with Crippen molar-refractivity contribution in [2.24, 2.45) is 10.2 Å². The molecule has 8 nitrogen and oxygen atoms in total. The van der Waals surface area contributed by atoms with E-state index >= 15 is 0 Å². The summed E-state index contributed by atoms with van der Waals surface area (Å²) in [6.45, 7) is 2.26. The first-order valence-corrected chi connectivity index (χ1v) is 9.17. The molecule has 0 aromatic carbocycles. The zero-order valence-electron chi connectivity index (χ0n) is 14.3. The molecule has 0 atom stereocenters. The quantitative estimate of drug-likeness (QED) is 0.661. The molecule has 2 aromatic rings. The third-order valence-corrected chi connectivity index (χ3v) is 4.91. The van der Waals surface area contributed by atoms with Gasteiger partial charge >= 0.3 is 0 Å². The molecule has 0 radical (unpaired) electrons. The number of fused-ring (bicyclic) bond motifs is 2. The van der Waals surface area contributed by atoms with Gasteiger partial charge in [-0.3, -0.25) is 19.4 Å². The second kappa shape index (κ2) is 6.50. The lowest BCUT2D eigenvalue weighted by atomic mass is 10.2. The van der Waals surface area contributed by atoms with E-state index in [9.17, 15) is 9.59 Å². The van der Waals surface area contributed by atoms with Crippen molar-refractivity contribution >= 4 is 62.4 Å². The third-order valence-electron chi connectivity index (χ3n) is 4.27. The van der Waals surface area contributed by atoms with Gasteiger partial charge in [0.25, 0.3) is 11.8 Å². The average Bonchev–Trinajstić information content (AvgIpc) is 3.04. The van der Waals surface area contributed by atoms with Gasteiger partial charge in [-0.2, -0.15) is 0 Å². The van der Waals surface area contributed by atoms with Gasteiger partial charge < -0.3 is 0 Å². The van der Waals surface area contributed by atoms with E-state index in [0.29, 0.717) is 38.8 Å². The lowest BCUT2D eigenvalue weighted by Crippen LogP contribution is -2.30. The van der Waals surface area contributed by atoms with Crippen LogP contribution in [0.1, 0.15) is 18.1 Å². The van der Waals surface area contributed by atoms with Crippen LogP contribution in [0.3, 0.4) is 0 Å². The highest BCUT2D eigenvalue weighted by molar-refractivity contribution is 9.10. The van der Waals surface area contributed by atoms with Crippen LogP contribution in [0, 0.1) is 0 Å². The molecule has 0 spiro atoms. The van der Waals surface area contributed by atoms with Crippen molar-refractivity contribution in [1.82, 2.24) is 9.97 Å². The van der Waals surface area contributed by atoms with E-state index in [1.165, 1.54) is 16.0 Å². The number of pyridine rings is 2. The number of hydrogen-bond donors (Lipinski definition) is 0. The minimum atomic E-state index is -0.345. The van der Waals surface area contributed by atoms with E-state index in [1.807, 2.05) is 6.92 Å². The molecule has 0 N–H and O–H groups in total. The van der Waals surface area contributed by atoms with E-state index in [4.69, 9.17) is 11.6 Å². The predicted molar refractivity (Wildman–Crippen MR) is 106 cm³/mol. The molecule has 2 aliphatic heterocycles. The van der Waals surface area contributed by atoms with Gasteiger partial charge in [0.05, 0.1) is 16.1 Å². The first-order valence-electron chi connectivity index (χ1n) is 7.99. The van der Waals surface area contributed by atoms with Crippen LogP contribution in [-0.2, 0) is 9.59 Å². The van der Waals surface area contributed by atoms with Crippen LogP contribution in [0.5, 0.6) is 0 Å². The van der Waals surface area contributed by atoms with Gasteiger partial charge in [-0.1, -0.05) is 11.6 Å². The summed E-state index contributed by atoms with van der Waals surface area (Å²) in [4.78, 5) is 36.5. The number of halogens is 2. The zero-order valence-corrected chi connectivity index (χ0v) is 16.6. The van der Waals surface area contributed by atoms with E-state index < -0.39 is 0 Å². The largest absolute Gasteiger partial charge is 0.294 e. The third kappa shape index (κ3) is 2.74. The van der Waals surface area contributed by atoms with Crippen LogP contribution < -0.4 is 9.80 Å². The number of aromatic nitrogens is 2. The molecule has 4 rings (SSSR count). The van der Waals surface area contributed by atoms with Crippen molar-refractivity contribution in [3.8, 4) is 0 Å². The molecule has 0 aliphatic carbocycles. The summed E-state index contributed by atoms with van der Waals surface area (Å²) in [5.41, 5.74) is 1.25. The highest BCUT2D eigenvalue weighted by atomic mass is 79.9. The minimum Gasteiger partial charge on any atom is -0.294 e. The summed E-state index contributed by atoms with van der Waals surface area (Å²) >= 11 is 9.36. The van der Waals surface area contributed by atoms with Crippen molar-refractivity contribution in [1.29, 1.82) is 0 Å². The highest BCUT2D eigenvalue weighted by Crippen LogP contribution is 2.31. The number of carbonyl (C=O) groups is 2. The Bertz CT molecular complexity index is 1070. The number of hydrogen-bond acceptors (Lipinski definition) is 6. The molecule has 27 heavy (non-hydrogen) atoms. The molecule has 2 aromatic heterocycles. The molecular formula is C17H12BrClN6O2. The molecule has 0 fully saturated rings. The molecule has 136 valence electrons. The van der Waals surface area contributed by atoms with Crippen LogP contribution in [0.15, 0.2) is 39.2 Å². The van der Waals surface area contributed by atoms with Gasteiger partial charge in [0.1, 0.15) is 11.6 Å². The molecule has 10 heteroatoms. The monoisotopic (exact) mass is 446 g/mol. The van der Waals surface area contributed by atoms with Crippen molar-refractivity contribution < 1.29 is 9.59 Å². The number of carbonyl (C=O) groups excluding carboxylic acids is 2. The smallest absolute Gasteiger partial charge is 0.280 e. The first-order chi connectivity index (χ1) is 12.9. The predicted octanol–water partition coefficient (Wildman–Crippen LogP) is 2.43. The molecule has 2 amide bonds. The molecule has 2 aliphatic rings. The van der Waals surface area contributed by atoms with Crippen molar-refractivity contribution in [3.05, 3.63) is 45.1 Å². The Hall–Kier alpha value is -2.65. The Morgan fingerprint density at radius 3 is 2.37 bits per heavy atom. The maximum Gasteiger partial charge on any atom is 0.280 e. The van der Waals surface area contributed by atoms with Crippen molar-refractivity contribution in [2.75, 3.05) is 23.4 Å². The van der Waals surface area contributed by atoms with Gasteiger partial charge in [0.2, 0.25) is 0 Å². The van der Waals surface area contributed by atoms with Crippen LogP contribution in [0.25, 0.3) is 0 Å². The Balaban J connectivity index is 1.84. The Labute approximate surface area is 167 Å². The topological polar surface area (TPSA) is 91.1 Å². The van der Waals surface area contributed by atoms with Crippen LogP contribution >= 0.6 is 27.5 Å². The van der Waals surface area contributed by atoms with Gasteiger partial charge in [0, 0.05) is 30.5 Å².